The number of nitrogens with one attached hydrogen (secondary N) is 1. The van der Waals surface area contributed by atoms with Gasteiger partial charge < -0.3 is 15.8 Å². The molecule has 0 radical (unpaired) electrons. The molecule has 0 spiro atoms. The van der Waals surface area contributed by atoms with Crippen molar-refractivity contribution in [3.63, 3.8) is 0 Å². The van der Waals surface area contributed by atoms with Crippen molar-refractivity contribution in [3.05, 3.63) is 54.5 Å². The van der Waals surface area contributed by atoms with E-state index >= 15 is 0 Å². The average molecular weight is 267 g/mol. The molecule has 3 rings (SSSR count). The van der Waals surface area contributed by atoms with Gasteiger partial charge in [-0.1, -0.05) is 36.4 Å². The standard InChI is InChI=1S/C15H13N3O2/c16-13(15(19)20)14-17-8-12(18-14)11-6-5-9-3-1-2-4-10(9)7-11/h1-8,13H,16H2,(H,17,18)(H,19,20). The molecule has 0 saturated carbocycles. The lowest BCUT2D eigenvalue weighted by Crippen LogP contribution is -2.21. The van der Waals surface area contributed by atoms with Crippen molar-refractivity contribution in [2.75, 3.05) is 0 Å². The fourth-order valence-electron chi connectivity index (χ4n) is 2.12. The van der Waals surface area contributed by atoms with Crippen molar-refractivity contribution in [1.29, 1.82) is 0 Å². The highest BCUT2D eigenvalue weighted by atomic mass is 16.4. The van der Waals surface area contributed by atoms with E-state index in [1.54, 1.807) is 6.20 Å². The van der Waals surface area contributed by atoms with E-state index in [1.807, 2.05) is 42.5 Å². The minimum Gasteiger partial charge on any atom is -0.480 e. The van der Waals surface area contributed by atoms with Gasteiger partial charge in [-0.15, -0.1) is 0 Å². The zero-order chi connectivity index (χ0) is 14.1. The molecule has 1 aromatic heterocycles. The second-order valence-corrected chi connectivity index (χ2v) is 4.56. The molecule has 0 bridgehead atoms. The van der Waals surface area contributed by atoms with Gasteiger partial charge in [-0.2, -0.15) is 0 Å². The van der Waals surface area contributed by atoms with Crippen molar-refractivity contribution < 1.29 is 9.90 Å². The number of carboxylic acid groups (broad SMARTS) is 1. The molecule has 1 unspecified atom stereocenters. The summed E-state index contributed by atoms with van der Waals surface area (Å²) in [5.74, 6) is -0.856. The van der Waals surface area contributed by atoms with Crippen molar-refractivity contribution in [2.45, 2.75) is 6.04 Å². The van der Waals surface area contributed by atoms with Crippen LogP contribution in [0.3, 0.4) is 0 Å². The lowest BCUT2D eigenvalue weighted by molar-refractivity contribution is -0.138. The molecule has 0 amide bonds. The van der Waals surface area contributed by atoms with Gasteiger partial charge in [0.1, 0.15) is 5.82 Å². The number of imidazole rings is 1. The van der Waals surface area contributed by atoms with Crippen LogP contribution in [0.15, 0.2) is 48.7 Å². The van der Waals surface area contributed by atoms with E-state index in [9.17, 15) is 4.79 Å². The maximum absolute atomic E-state index is 10.8. The van der Waals surface area contributed by atoms with Crippen LogP contribution in [0, 0.1) is 0 Å². The number of carboxylic acids is 1. The van der Waals surface area contributed by atoms with Crippen molar-refractivity contribution in [1.82, 2.24) is 9.97 Å². The van der Waals surface area contributed by atoms with Gasteiger partial charge in [0.25, 0.3) is 0 Å². The molecule has 2 aromatic carbocycles. The predicted molar refractivity (Wildman–Crippen MR) is 76.1 cm³/mol. The summed E-state index contributed by atoms with van der Waals surface area (Å²) in [7, 11) is 0. The first-order valence-corrected chi connectivity index (χ1v) is 6.17. The number of nitrogens with zero attached hydrogens (tertiary/aromatic N) is 1. The molecule has 0 aliphatic rings. The van der Waals surface area contributed by atoms with E-state index in [0.29, 0.717) is 0 Å². The Balaban J connectivity index is 2.01. The van der Waals surface area contributed by atoms with Crippen LogP contribution >= 0.6 is 0 Å². The Morgan fingerprint density at radius 3 is 2.70 bits per heavy atom. The first-order chi connectivity index (χ1) is 9.65. The van der Waals surface area contributed by atoms with E-state index in [0.717, 1.165) is 22.0 Å². The highest BCUT2D eigenvalue weighted by Gasteiger charge is 2.17. The van der Waals surface area contributed by atoms with Gasteiger partial charge in [-0.3, -0.25) is 4.79 Å². The fourth-order valence-corrected chi connectivity index (χ4v) is 2.12. The number of H-pyrrole nitrogens is 1. The number of hydrogen-bond donors (Lipinski definition) is 3. The number of aromatic nitrogens is 2. The molecule has 100 valence electrons. The van der Waals surface area contributed by atoms with Crippen LogP contribution in [-0.4, -0.2) is 21.0 Å². The molecule has 0 aliphatic carbocycles. The Bertz CT molecular complexity index is 779. The molecule has 3 aromatic rings. The van der Waals surface area contributed by atoms with Crippen LogP contribution in [0.1, 0.15) is 11.9 Å². The van der Waals surface area contributed by atoms with Crippen LogP contribution < -0.4 is 5.73 Å². The van der Waals surface area contributed by atoms with Crippen molar-refractivity contribution in [3.8, 4) is 11.3 Å². The second kappa shape index (κ2) is 4.79. The predicted octanol–water partition coefficient (Wildman–Crippen LogP) is 2.31. The highest BCUT2D eigenvalue weighted by Crippen LogP contribution is 2.23. The van der Waals surface area contributed by atoms with Crippen LogP contribution in [0.4, 0.5) is 0 Å². The minimum absolute atomic E-state index is 0.251. The molecule has 0 saturated heterocycles. The quantitative estimate of drug-likeness (QED) is 0.679. The number of nitrogens with two attached hydrogens (primary N) is 1. The summed E-state index contributed by atoms with van der Waals surface area (Å²) in [6.07, 6.45) is 1.60. The Hall–Kier alpha value is -2.66. The lowest BCUT2D eigenvalue weighted by Gasteiger charge is -2.03. The summed E-state index contributed by atoms with van der Waals surface area (Å²) >= 11 is 0. The van der Waals surface area contributed by atoms with Crippen molar-refractivity contribution in [2.24, 2.45) is 5.73 Å². The molecular weight excluding hydrogens is 254 g/mol. The molecule has 1 heterocycles. The molecule has 5 heteroatoms. The van der Waals surface area contributed by atoms with Gasteiger partial charge in [0.2, 0.25) is 0 Å². The largest absolute Gasteiger partial charge is 0.480 e. The van der Waals surface area contributed by atoms with Gasteiger partial charge in [-0.05, 0) is 16.8 Å². The number of rotatable bonds is 3. The third-order valence-corrected chi connectivity index (χ3v) is 3.22. The van der Waals surface area contributed by atoms with E-state index in [2.05, 4.69) is 9.97 Å². The highest BCUT2D eigenvalue weighted by molar-refractivity contribution is 5.86. The molecule has 5 nitrogen and oxygen atoms in total. The van der Waals surface area contributed by atoms with Crippen LogP contribution in [0.5, 0.6) is 0 Å². The molecule has 0 aliphatic heterocycles. The fraction of sp³-hybridized carbons (Fsp3) is 0.0667. The maximum atomic E-state index is 10.8. The summed E-state index contributed by atoms with van der Waals surface area (Å²) < 4.78 is 0. The zero-order valence-electron chi connectivity index (χ0n) is 10.6. The lowest BCUT2D eigenvalue weighted by atomic mass is 10.1. The summed E-state index contributed by atoms with van der Waals surface area (Å²) in [5, 5.41) is 11.1. The normalized spacial score (nSPS) is 12.4. The number of aromatic amines is 1. The zero-order valence-corrected chi connectivity index (χ0v) is 10.6. The van der Waals surface area contributed by atoms with Gasteiger partial charge in [0, 0.05) is 5.56 Å². The van der Waals surface area contributed by atoms with E-state index in [-0.39, 0.29) is 5.82 Å². The Morgan fingerprint density at radius 1 is 1.20 bits per heavy atom. The SMILES string of the molecule is NC(C(=O)O)c1ncc(-c2ccc3ccccc3c2)[nH]1. The second-order valence-electron chi connectivity index (χ2n) is 4.56. The summed E-state index contributed by atoms with van der Waals surface area (Å²) in [4.78, 5) is 17.8. The monoisotopic (exact) mass is 267 g/mol. The van der Waals surface area contributed by atoms with E-state index in [4.69, 9.17) is 10.8 Å². The third-order valence-electron chi connectivity index (χ3n) is 3.22. The summed E-state index contributed by atoms with van der Waals surface area (Å²) in [5.41, 5.74) is 7.22. The summed E-state index contributed by atoms with van der Waals surface area (Å²) in [6, 6.07) is 12.9. The smallest absolute Gasteiger partial charge is 0.328 e. The van der Waals surface area contributed by atoms with Gasteiger partial charge in [0.15, 0.2) is 6.04 Å². The van der Waals surface area contributed by atoms with Gasteiger partial charge in [0.05, 0.1) is 11.9 Å². The van der Waals surface area contributed by atoms with Crippen LogP contribution in [0.2, 0.25) is 0 Å². The molecule has 20 heavy (non-hydrogen) atoms. The molecule has 1 atom stereocenters. The number of hydrogen-bond acceptors (Lipinski definition) is 3. The van der Waals surface area contributed by atoms with Gasteiger partial charge >= 0.3 is 5.97 Å². The Labute approximate surface area is 115 Å². The number of carbonyl (C=O) groups is 1. The topological polar surface area (TPSA) is 92.0 Å². The van der Waals surface area contributed by atoms with Crippen LogP contribution in [-0.2, 0) is 4.79 Å². The number of benzene rings is 2. The third kappa shape index (κ3) is 2.15. The molecule has 0 fully saturated rings. The number of fused-ring (bicyclic) bond motifs is 1. The van der Waals surface area contributed by atoms with E-state index in [1.165, 1.54) is 0 Å². The molecule has 4 N–H and O–H groups in total. The minimum atomic E-state index is -1.13. The first-order valence-electron chi connectivity index (χ1n) is 6.17. The average Bonchev–Trinajstić information content (AvgIpc) is 2.95. The summed E-state index contributed by atoms with van der Waals surface area (Å²) in [6.45, 7) is 0. The Kier molecular flexibility index (Phi) is 2.96. The Morgan fingerprint density at radius 2 is 1.95 bits per heavy atom. The number of aliphatic carboxylic acids is 1. The van der Waals surface area contributed by atoms with E-state index < -0.39 is 12.0 Å². The first kappa shape index (κ1) is 12.4. The van der Waals surface area contributed by atoms with Gasteiger partial charge in [-0.25, -0.2) is 4.98 Å². The molecular formula is C15H13N3O2. The van der Waals surface area contributed by atoms with Crippen LogP contribution in [0.25, 0.3) is 22.0 Å². The maximum Gasteiger partial charge on any atom is 0.328 e. The van der Waals surface area contributed by atoms with Crippen molar-refractivity contribution >= 4 is 16.7 Å².